The second-order valence-corrected chi connectivity index (χ2v) is 4.77. The fourth-order valence-corrected chi connectivity index (χ4v) is 2.07. The molecule has 1 unspecified atom stereocenters. The van der Waals surface area contributed by atoms with Gasteiger partial charge in [-0.1, -0.05) is 17.7 Å². The molecule has 0 aromatic heterocycles. The molecule has 1 fully saturated rings. The van der Waals surface area contributed by atoms with Crippen LogP contribution >= 0.6 is 11.6 Å². The summed E-state index contributed by atoms with van der Waals surface area (Å²) in [5.41, 5.74) is 0.644. The van der Waals surface area contributed by atoms with Crippen LogP contribution in [0.2, 0.25) is 5.02 Å². The topological polar surface area (TPSA) is 38.3 Å². The van der Waals surface area contributed by atoms with Crippen molar-refractivity contribution in [2.24, 2.45) is 0 Å². The van der Waals surface area contributed by atoms with E-state index in [1.165, 1.54) is 12.1 Å². The van der Waals surface area contributed by atoms with Gasteiger partial charge >= 0.3 is 0 Å². The summed E-state index contributed by atoms with van der Waals surface area (Å²) in [7, 11) is 0. The average molecular weight is 272 g/mol. The van der Waals surface area contributed by atoms with Crippen LogP contribution in [0.5, 0.6) is 0 Å². The minimum Gasteiger partial charge on any atom is -0.375 e. The average Bonchev–Trinajstić information content (AvgIpc) is 2.35. The Bertz CT molecular complexity index is 433. The van der Waals surface area contributed by atoms with Crippen LogP contribution in [0.3, 0.4) is 0 Å². The zero-order valence-electron chi connectivity index (χ0n) is 9.92. The predicted octanol–water partition coefficient (Wildman–Crippen LogP) is 1.97. The van der Waals surface area contributed by atoms with Crippen LogP contribution in [0, 0.1) is 5.82 Å². The molecule has 0 saturated carbocycles. The summed E-state index contributed by atoms with van der Waals surface area (Å²) in [6.45, 7) is 2.15. The van der Waals surface area contributed by atoms with Gasteiger partial charge in [0.05, 0.1) is 17.7 Å². The number of ether oxygens (including phenoxy) is 1. The number of ketones is 1. The highest BCUT2D eigenvalue weighted by Crippen LogP contribution is 2.16. The third-order valence-corrected chi connectivity index (χ3v) is 3.15. The molecular weight excluding hydrogens is 257 g/mol. The molecule has 18 heavy (non-hydrogen) atoms. The number of carbonyl (C=O) groups is 1. The van der Waals surface area contributed by atoms with Gasteiger partial charge in [-0.15, -0.1) is 0 Å². The number of hydrogen-bond acceptors (Lipinski definition) is 3. The molecular formula is C13H15ClFNO2. The van der Waals surface area contributed by atoms with Gasteiger partial charge in [-0.05, 0) is 17.7 Å². The highest BCUT2D eigenvalue weighted by molar-refractivity contribution is 6.30. The Kier molecular flexibility index (Phi) is 4.69. The fourth-order valence-electron chi connectivity index (χ4n) is 1.95. The van der Waals surface area contributed by atoms with Crippen LogP contribution < -0.4 is 5.32 Å². The molecule has 2 rings (SSSR count). The van der Waals surface area contributed by atoms with Gasteiger partial charge in [-0.25, -0.2) is 4.39 Å². The lowest BCUT2D eigenvalue weighted by atomic mass is 10.0. The summed E-state index contributed by atoms with van der Waals surface area (Å²) in [5, 5.41) is 3.24. The third-order valence-electron chi connectivity index (χ3n) is 2.85. The van der Waals surface area contributed by atoms with Gasteiger partial charge in [-0.3, -0.25) is 4.79 Å². The van der Waals surface area contributed by atoms with Gasteiger partial charge in [0.1, 0.15) is 11.6 Å². The second-order valence-electron chi connectivity index (χ2n) is 4.36. The van der Waals surface area contributed by atoms with Crippen LogP contribution in [0.15, 0.2) is 18.2 Å². The number of rotatable bonds is 4. The largest absolute Gasteiger partial charge is 0.375 e. The first-order valence-electron chi connectivity index (χ1n) is 5.93. The van der Waals surface area contributed by atoms with Crippen molar-refractivity contribution < 1.29 is 13.9 Å². The minimum absolute atomic E-state index is 0.0467. The molecule has 1 heterocycles. The Morgan fingerprint density at radius 3 is 3.06 bits per heavy atom. The van der Waals surface area contributed by atoms with Crippen LogP contribution in [0.4, 0.5) is 4.39 Å². The standard InChI is InChI=1S/C13H15ClFNO2/c14-12-2-1-9(6-13(12)15)5-10(17)7-11-8-16-3-4-18-11/h1-2,6,11,16H,3-5,7-8H2. The van der Waals surface area contributed by atoms with Gasteiger partial charge < -0.3 is 10.1 Å². The maximum absolute atomic E-state index is 13.2. The van der Waals surface area contributed by atoms with Crippen LogP contribution in [0.1, 0.15) is 12.0 Å². The van der Waals surface area contributed by atoms with Crippen molar-refractivity contribution in [1.82, 2.24) is 5.32 Å². The second kappa shape index (κ2) is 6.27. The van der Waals surface area contributed by atoms with E-state index < -0.39 is 5.82 Å². The van der Waals surface area contributed by atoms with E-state index in [-0.39, 0.29) is 23.3 Å². The number of morpholine rings is 1. The number of carbonyl (C=O) groups excluding carboxylic acids is 1. The Balaban J connectivity index is 1.88. The van der Waals surface area contributed by atoms with Crippen LogP contribution in [-0.2, 0) is 16.0 Å². The highest BCUT2D eigenvalue weighted by atomic mass is 35.5. The monoisotopic (exact) mass is 271 g/mol. The summed E-state index contributed by atoms with van der Waals surface area (Å²) in [6, 6.07) is 4.45. The molecule has 3 nitrogen and oxygen atoms in total. The van der Waals surface area contributed by atoms with E-state index in [1.807, 2.05) is 0 Å². The smallest absolute Gasteiger partial charge is 0.142 e. The minimum atomic E-state index is -0.488. The Labute approximate surface area is 110 Å². The first-order chi connectivity index (χ1) is 8.65. The number of halogens is 2. The number of Topliss-reactive ketones (excluding diaryl/α,β-unsaturated/α-hetero) is 1. The van der Waals surface area contributed by atoms with Crippen molar-refractivity contribution in [2.75, 3.05) is 19.7 Å². The molecule has 5 heteroatoms. The van der Waals surface area contributed by atoms with Gasteiger partial charge in [0.25, 0.3) is 0 Å². The van der Waals surface area contributed by atoms with E-state index in [0.717, 1.165) is 6.54 Å². The van der Waals surface area contributed by atoms with Crippen molar-refractivity contribution in [3.63, 3.8) is 0 Å². The van der Waals surface area contributed by atoms with E-state index >= 15 is 0 Å². The summed E-state index contributed by atoms with van der Waals surface area (Å²) in [6.07, 6.45) is 0.508. The molecule has 0 aliphatic carbocycles. The first kappa shape index (κ1) is 13.5. The molecule has 0 bridgehead atoms. The van der Waals surface area contributed by atoms with Gasteiger partial charge in [0.15, 0.2) is 0 Å². The normalized spacial score (nSPS) is 19.8. The van der Waals surface area contributed by atoms with Crippen molar-refractivity contribution in [1.29, 1.82) is 0 Å². The van der Waals surface area contributed by atoms with E-state index in [0.29, 0.717) is 25.1 Å². The van der Waals surface area contributed by atoms with E-state index in [4.69, 9.17) is 16.3 Å². The predicted molar refractivity (Wildman–Crippen MR) is 67.3 cm³/mol. The van der Waals surface area contributed by atoms with Crippen LogP contribution in [0.25, 0.3) is 0 Å². The Morgan fingerprint density at radius 1 is 1.56 bits per heavy atom. The molecule has 1 N–H and O–H groups in total. The zero-order valence-corrected chi connectivity index (χ0v) is 10.7. The number of hydrogen-bond donors (Lipinski definition) is 1. The molecule has 1 saturated heterocycles. The lowest BCUT2D eigenvalue weighted by Crippen LogP contribution is -2.39. The van der Waals surface area contributed by atoms with Gasteiger partial charge in [0, 0.05) is 25.9 Å². The number of benzene rings is 1. The lowest BCUT2D eigenvalue weighted by molar-refractivity contribution is -0.121. The van der Waals surface area contributed by atoms with Crippen molar-refractivity contribution >= 4 is 17.4 Å². The molecule has 1 atom stereocenters. The van der Waals surface area contributed by atoms with Crippen molar-refractivity contribution in [3.05, 3.63) is 34.6 Å². The lowest BCUT2D eigenvalue weighted by Gasteiger charge is -2.22. The summed E-state index contributed by atoms with van der Waals surface area (Å²) in [4.78, 5) is 11.8. The van der Waals surface area contributed by atoms with Gasteiger partial charge in [0.2, 0.25) is 0 Å². The Morgan fingerprint density at radius 2 is 2.39 bits per heavy atom. The Hall–Kier alpha value is -0.970. The SMILES string of the molecule is O=C(Cc1ccc(Cl)c(F)c1)CC1CNCCO1. The maximum atomic E-state index is 13.2. The van der Waals surface area contributed by atoms with E-state index in [2.05, 4.69) is 5.32 Å². The van der Waals surface area contributed by atoms with Crippen molar-refractivity contribution in [3.8, 4) is 0 Å². The quantitative estimate of drug-likeness (QED) is 0.910. The molecule has 0 radical (unpaired) electrons. The summed E-state index contributed by atoms with van der Waals surface area (Å²) < 4.78 is 18.7. The molecule has 0 spiro atoms. The molecule has 1 aliphatic rings. The molecule has 1 aromatic rings. The highest BCUT2D eigenvalue weighted by Gasteiger charge is 2.17. The first-order valence-corrected chi connectivity index (χ1v) is 6.31. The van der Waals surface area contributed by atoms with E-state index in [1.54, 1.807) is 6.07 Å². The number of nitrogens with one attached hydrogen (secondary N) is 1. The zero-order chi connectivity index (χ0) is 13.0. The molecule has 98 valence electrons. The van der Waals surface area contributed by atoms with Gasteiger partial charge in [-0.2, -0.15) is 0 Å². The maximum Gasteiger partial charge on any atom is 0.142 e. The molecule has 1 aromatic carbocycles. The van der Waals surface area contributed by atoms with Crippen molar-refractivity contribution in [2.45, 2.75) is 18.9 Å². The fraction of sp³-hybridized carbons (Fsp3) is 0.462. The third kappa shape index (κ3) is 3.77. The molecule has 0 amide bonds. The van der Waals surface area contributed by atoms with E-state index in [9.17, 15) is 9.18 Å². The molecule has 1 aliphatic heterocycles. The summed E-state index contributed by atoms with van der Waals surface area (Å²) >= 11 is 5.58. The van der Waals surface area contributed by atoms with Crippen LogP contribution in [-0.4, -0.2) is 31.6 Å². The summed E-state index contributed by atoms with van der Waals surface area (Å²) in [5.74, 6) is -0.442.